The van der Waals surface area contributed by atoms with Crippen LogP contribution in [0.25, 0.3) is 0 Å². The summed E-state index contributed by atoms with van der Waals surface area (Å²) in [7, 11) is 0. The van der Waals surface area contributed by atoms with Crippen LogP contribution >= 0.6 is 36.4 Å². The molecule has 7 heteroatoms. The van der Waals surface area contributed by atoms with Crippen molar-refractivity contribution in [1.29, 1.82) is 0 Å². The van der Waals surface area contributed by atoms with Gasteiger partial charge < -0.3 is 15.5 Å². The van der Waals surface area contributed by atoms with Gasteiger partial charge in [-0.15, -0.1) is 24.8 Å². The Balaban J connectivity index is 0.00000242. The molecule has 2 rings (SSSR count). The summed E-state index contributed by atoms with van der Waals surface area (Å²) >= 11 is 6.22. The summed E-state index contributed by atoms with van der Waals surface area (Å²) in [5, 5.41) is 0.753. The van der Waals surface area contributed by atoms with Crippen molar-refractivity contribution in [3.8, 4) is 0 Å². The highest BCUT2D eigenvalue weighted by Crippen LogP contribution is 2.26. The van der Waals surface area contributed by atoms with Crippen LogP contribution in [0.3, 0.4) is 0 Å². The molecule has 1 aliphatic rings. The number of piperazine rings is 1. The molecule has 0 aliphatic carbocycles. The third-order valence-electron chi connectivity index (χ3n) is 3.98. The second-order valence-corrected chi connectivity index (χ2v) is 7.01. The summed E-state index contributed by atoms with van der Waals surface area (Å²) in [6.45, 7) is 8.93. The van der Waals surface area contributed by atoms with Crippen molar-refractivity contribution < 1.29 is 4.79 Å². The molecule has 1 saturated heterocycles. The van der Waals surface area contributed by atoms with E-state index in [-0.39, 0.29) is 36.1 Å². The number of nitrogens with two attached hydrogens (primary N) is 1. The maximum atomic E-state index is 12.4. The fraction of sp³-hybridized carbons (Fsp3) is 0.562. The molecule has 0 bridgehead atoms. The van der Waals surface area contributed by atoms with Crippen LogP contribution in [-0.2, 0) is 4.79 Å². The van der Waals surface area contributed by atoms with Gasteiger partial charge >= 0.3 is 0 Å². The minimum absolute atomic E-state index is 0. The molecule has 0 spiro atoms. The highest BCUT2D eigenvalue weighted by atomic mass is 35.5. The Morgan fingerprint density at radius 1 is 1.13 bits per heavy atom. The molecule has 1 heterocycles. The molecule has 4 nitrogen and oxygen atoms in total. The lowest BCUT2D eigenvalue weighted by atomic mass is 9.86. The Labute approximate surface area is 156 Å². The van der Waals surface area contributed by atoms with Crippen LogP contribution in [0.2, 0.25) is 5.02 Å². The molecular formula is C16H26Cl3N3O. The van der Waals surface area contributed by atoms with Crippen LogP contribution in [0.1, 0.15) is 20.8 Å². The molecule has 23 heavy (non-hydrogen) atoms. The molecule has 0 aromatic heterocycles. The van der Waals surface area contributed by atoms with Crippen LogP contribution in [0.5, 0.6) is 0 Å². The van der Waals surface area contributed by atoms with Crippen molar-refractivity contribution in [3.63, 3.8) is 0 Å². The first-order chi connectivity index (χ1) is 9.80. The van der Waals surface area contributed by atoms with Gasteiger partial charge in [0.25, 0.3) is 0 Å². The third kappa shape index (κ3) is 5.42. The zero-order chi connectivity index (χ0) is 15.6. The number of hydrogen-bond acceptors (Lipinski definition) is 3. The summed E-state index contributed by atoms with van der Waals surface area (Å²) in [6, 6.07) is 7.36. The second-order valence-electron chi connectivity index (χ2n) is 6.61. The number of para-hydroxylation sites is 1. The van der Waals surface area contributed by atoms with Crippen LogP contribution in [0.15, 0.2) is 24.3 Å². The van der Waals surface area contributed by atoms with E-state index in [0.29, 0.717) is 13.1 Å². The van der Waals surface area contributed by atoms with Crippen LogP contribution in [0, 0.1) is 5.41 Å². The molecule has 1 aromatic carbocycles. The van der Waals surface area contributed by atoms with E-state index in [1.165, 1.54) is 0 Å². The SMILES string of the molecule is CC(C)(C)[C@H](N)C(=O)N1CCN(c2ccccc2Cl)CC1.Cl.Cl. The normalized spacial score (nSPS) is 16.2. The van der Waals surface area contributed by atoms with Crippen LogP contribution in [0.4, 0.5) is 5.69 Å². The van der Waals surface area contributed by atoms with E-state index in [4.69, 9.17) is 17.3 Å². The maximum Gasteiger partial charge on any atom is 0.240 e. The molecule has 0 radical (unpaired) electrons. The van der Waals surface area contributed by atoms with E-state index >= 15 is 0 Å². The molecule has 1 fully saturated rings. The Bertz CT molecular complexity index is 512. The van der Waals surface area contributed by atoms with Crippen molar-refractivity contribution in [3.05, 3.63) is 29.3 Å². The molecule has 0 unspecified atom stereocenters. The largest absolute Gasteiger partial charge is 0.367 e. The lowest BCUT2D eigenvalue weighted by Gasteiger charge is -2.39. The number of halogens is 3. The number of amides is 1. The molecule has 0 saturated carbocycles. The van der Waals surface area contributed by atoms with Gasteiger partial charge in [0.15, 0.2) is 0 Å². The standard InChI is InChI=1S/C16H24ClN3O.2ClH/c1-16(2,3)14(18)15(21)20-10-8-19(9-11-20)13-7-5-4-6-12(13)17;;/h4-7,14H,8-11,18H2,1-3H3;2*1H/t14-;;/m1../s1. The number of rotatable bonds is 2. The minimum atomic E-state index is -0.454. The summed E-state index contributed by atoms with van der Waals surface area (Å²) in [4.78, 5) is 16.5. The van der Waals surface area contributed by atoms with Crippen molar-refractivity contribution in [1.82, 2.24) is 4.90 Å². The predicted octanol–water partition coefficient (Wildman–Crippen LogP) is 3.21. The average Bonchev–Trinajstić information content (AvgIpc) is 2.45. The summed E-state index contributed by atoms with van der Waals surface area (Å²) < 4.78 is 0. The monoisotopic (exact) mass is 381 g/mol. The van der Waals surface area contributed by atoms with Crippen LogP contribution in [-0.4, -0.2) is 43.0 Å². The summed E-state index contributed by atoms with van der Waals surface area (Å²) in [5.41, 5.74) is 6.89. The molecule has 132 valence electrons. The van der Waals surface area contributed by atoms with Crippen molar-refractivity contribution in [2.45, 2.75) is 26.8 Å². The zero-order valence-electron chi connectivity index (χ0n) is 13.8. The zero-order valence-corrected chi connectivity index (χ0v) is 16.2. The van der Waals surface area contributed by atoms with E-state index in [9.17, 15) is 4.79 Å². The van der Waals surface area contributed by atoms with Gasteiger partial charge in [0.05, 0.1) is 16.8 Å². The fourth-order valence-electron chi connectivity index (χ4n) is 2.44. The second kappa shape index (κ2) is 8.97. The van der Waals surface area contributed by atoms with E-state index < -0.39 is 6.04 Å². The quantitative estimate of drug-likeness (QED) is 0.854. The first kappa shape index (κ1) is 22.3. The Morgan fingerprint density at radius 3 is 2.13 bits per heavy atom. The van der Waals surface area contributed by atoms with Gasteiger partial charge in [0.2, 0.25) is 5.91 Å². The Kier molecular flexibility index (Phi) is 8.71. The van der Waals surface area contributed by atoms with Gasteiger partial charge in [-0.1, -0.05) is 44.5 Å². The highest BCUT2D eigenvalue weighted by molar-refractivity contribution is 6.33. The number of nitrogens with zero attached hydrogens (tertiary/aromatic N) is 2. The van der Waals surface area contributed by atoms with Gasteiger partial charge in [0.1, 0.15) is 0 Å². The van der Waals surface area contributed by atoms with E-state index in [1.54, 1.807) is 0 Å². The molecule has 1 atom stereocenters. The van der Waals surface area contributed by atoms with Gasteiger partial charge in [-0.05, 0) is 17.5 Å². The number of benzene rings is 1. The smallest absolute Gasteiger partial charge is 0.240 e. The Hall–Kier alpha value is -0.680. The van der Waals surface area contributed by atoms with Gasteiger partial charge in [-0.25, -0.2) is 0 Å². The first-order valence-corrected chi connectivity index (χ1v) is 7.72. The highest BCUT2D eigenvalue weighted by Gasteiger charge is 2.32. The average molecular weight is 383 g/mol. The molecule has 2 N–H and O–H groups in total. The first-order valence-electron chi connectivity index (χ1n) is 7.34. The van der Waals surface area contributed by atoms with Crippen LogP contribution < -0.4 is 10.6 Å². The summed E-state index contributed by atoms with van der Waals surface area (Å²) in [6.07, 6.45) is 0. The van der Waals surface area contributed by atoms with Gasteiger partial charge in [0, 0.05) is 26.2 Å². The van der Waals surface area contributed by atoms with Gasteiger partial charge in [-0.2, -0.15) is 0 Å². The van der Waals surface area contributed by atoms with Crippen molar-refractivity contribution in [2.75, 3.05) is 31.1 Å². The number of hydrogen-bond donors (Lipinski definition) is 1. The summed E-state index contributed by atoms with van der Waals surface area (Å²) in [5.74, 6) is 0.0429. The minimum Gasteiger partial charge on any atom is -0.367 e. The number of anilines is 1. The molecule has 1 aliphatic heterocycles. The lowest BCUT2D eigenvalue weighted by Crippen LogP contribution is -2.56. The van der Waals surface area contributed by atoms with Crippen molar-refractivity contribution >= 4 is 48.0 Å². The topological polar surface area (TPSA) is 49.6 Å². The van der Waals surface area contributed by atoms with E-state index in [0.717, 1.165) is 23.8 Å². The maximum absolute atomic E-state index is 12.4. The van der Waals surface area contributed by atoms with E-state index in [1.807, 2.05) is 49.9 Å². The third-order valence-corrected chi connectivity index (χ3v) is 4.30. The van der Waals surface area contributed by atoms with E-state index in [2.05, 4.69) is 4.90 Å². The van der Waals surface area contributed by atoms with Gasteiger partial charge in [-0.3, -0.25) is 4.79 Å². The molecular weight excluding hydrogens is 357 g/mol. The lowest BCUT2D eigenvalue weighted by molar-refractivity contribution is -0.135. The number of carbonyl (C=O) groups is 1. The fourth-order valence-corrected chi connectivity index (χ4v) is 2.70. The predicted molar refractivity (Wildman–Crippen MR) is 102 cm³/mol. The molecule has 1 aromatic rings. The van der Waals surface area contributed by atoms with Crippen molar-refractivity contribution in [2.24, 2.45) is 11.1 Å². The Morgan fingerprint density at radius 2 is 1.65 bits per heavy atom. The number of carbonyl (C=O) groups excluding carboxylic acids is 1. The molecule has 1 amide bonds.